The molecule has 2 aromatic heterocycles. The summed E-state index contributed by atoms with van der Waals surface area (Å²) >= 11 is 0. The molecule has 0 atom stereocenters. The van der Waals surface area contributed by atoms with Crippen molar-refractivity contribution in [1.29, 1.82) is 0 Å². The molecule has 0 unspecified atom stereocenters. The minimum atomic E-state index is 0.0793. The minimum absolute atomic E-state index is 0.0793. The maximum Gasteiger partial charge on any atom is 0.0701 e. The fourth-order valence-corrected chi connectivity index (χ4v) is 7.75. The number of pyridine rings is 1. The lowest BCUT2D eigenvalue weighted by Crippen LogP contribution is -2.12. The maximum absolute atomic E-state index is 4.59. The van der Waals surface area contributed by atoms with Gasteiger partial charge in [-0.25, -0.2) is 0 Å². The molecule has 0 spiro atoms. The molecule has 4 bridgehead atoms. The zero-order valence-electron chi connectivity index (χ0n) is 29.4. The van der Waals surface area contributed by atoms with Gasteiger partial charge in [0.15, 0.2) is 0 Å². The van der Waals surface area contributed by atoms with Gasteiger partial charge in [0.2, 0.25) is 0 Å². The Hall–Kier alpha value is -5.99. The fourth-order valence-electron chi connectivity index (χ4n) is 7.75. The number of rotatable bonds is 4. The van der Waals surface area contributed by atoms with E-state index in [2.05, 4.69) is 176 Å². The smallest absolute Gasteiger partial charge is 0.0701 e. The number of fused-ring (bicyclic) bond motifs is 7. The van der Waals surface area contributed by atoms with Crippen LogP contribution in [0.3, 0.4) is 0 Å². The Bertz CT molecular complexity index is 2540. The molecule has 0 saturated carbocycles. The van der Waals surface area contributed by atoms with E-state index < -0.39 is 0 Å². The lowest BCUT2D eigenvalue weighted by atomic mass is 9.83. The largest absolute Gasteiger partial charge is 0.309 e. The van der Waals surface area contributed by atoms with Gasteiger partial charge in [0.1, 0.15) is 0 Å². The van der Waals surface area contributed by atoms with E-state index in [1.807, 2.05) is 18.3 Å². The Morgan fingerprint density at radius 2 is 1.27 bits per heavy atom. The monoisotopic (exact) mass is 656 g/mol. The summed E-state index contributed by atoms with van der Waals surface area (Å²) in [6.07, 6.45) is 8.43. The summed E-state index contributed by atoms with van der Waals surface area (Å²) < 4.78 is 2.42. The highest BCUT2D eigenvalue weighted by Gasteiger charge is 2.19. The van der Waals surface area contributed by atoms with Gasteiger partial charge >= 0.3 is 0 Å². The Kier molecular flexibility index (Phi) is 7.55. The van der Waals surface area contributed by atoms with E-state index in [1.54, 1.807) is 0 Å². The number of aromatic nitrogens is 2. The first-order chi connectivity index (χ1) is 24.9. The van der Waals surface area contributed by atoms with E-state index in [-0.39, 0.29) is 5.41 Å². The second-order valence-corrected chi connectivity index (χ2v) is 14.9. The first-order valence-corrected chi connectivity index (χ1v) is 18.0. The van der Waals surface area contributed by atoms with Gasteiger partial charge in [-0.3, -0.25) is 4.98 Å². The van der Waals surface area contributed by atoms with Gasteiger partial charge in [-0.15, -0.1) is 0 Å². The van der Waals surface area contributed by atoms with Crippen LogP contribution in [0.5, 0.6) is 0 Å². The van der Waals surface area contributed by atoms with Crippen molar-refractivity contribution in [2.75, 3.05) is 0 Å². The molecule has 0 fully saturated rings. The van der Waals surface area contributed by atoms with Crippen molar-refractivity contribution in [3.8, 4) is 39.2 Å². The summed E-state index contributed by atoms with van der Waals surface area (Å²) in [4.78, 5) is 4.59. The van der Waals surface area contributed by atoms with Crippen molar-refractivity contribution in [3.05, 3.63) is 180 Å². The molecule has 1 aliphatic carbocycles. The molecule has 1 aliphatic rings. The van der Waals surface area contributed by atoms with Crippen LogP contribution in [0, 0.1) is 0 Å². The highest BCUT2D eigenvalue weighted by Crippen LogP contribution is 2.39. The summed E-state index contributed by atoms with van der Waals surface area (Å²) in [5.74, 6) is 0. The van der Waals surface area contributed by atoms with Crippen molar-refractivity contribution in [2.45, 2.75) is 39.0 Å². The fraction of sp³-hybridized carbons (Fsp3) is 0.122. The second kappa shape index (κ2) is 12.4. The molecule has 51 heavy (non-hydrogen) atoms. The molecule has 2 heterocycles. The van der Waals surface area contributed by atoms with Gasteiger partial charge in [0, 0.05) is 28.2 Å². The molecule has 0 N–H and O–H groups in total. The van der Waals surface area contributed by atoms with Gasteiger partial charge in [-0.1, -0.05) is 136 Å². The standard InChI is InChI=1S/C49H40N2/c1-49(2,3)40-28-33-18-20-38-30-39(21-19-34(27-33)29-40)45(32-44(38)35-22-24-36(25-23-35)46-15-8-9-26-50-46)37-11-10-12-41(31-37)51-47-16-6-4-13-42(47)43-14-5-7-17-48(43)51/h4-18,20,22-32H,19,21H2,1-3H3/b20-18-. The second-order valence-electron chi connectivity index (χ2n) is 14.9. The number of hydrogen-bond donors (Lipinski definition) is 0. The number of para-hydroxylation sites is 2. The van der Waals surface area contributed by atoms with Crippen molar-refractivity contribution in [1.82, 2.24) is 9.55 Å². The van der Waals surface area contributed by atoms with E-state index in [4.69, 9.17) is 0 Å². The van der Waals surface area contributed by atoms with Crippen LogP contribution in [0.25, 0.3) is 73.2 Å². The van der Waals surface area contributed by atoms with Crippen molar-refractivity contribution in [2.24, 2.45) is 0 Å². The lowest BCUT2D eigenvalue weighted by molar-refractivity contribution is 0.589. The number of benzene rings is 6. The highest BCUT2D eigenvalue weighted by atomic mass is 15.0. The highest BCUT2D eigenvalue weighted by molar-refractivity contribution is 6.09. The van der Waals surface area contributed by atoms with Crippen LogP contribution >= 0.6 is 0 Å². The number of aryl methyl sites for hydroxylation is 2. The third-order valence-electron chi connectivity index (χ3n) is 10.4. The summed E-state index contributed by atoms with van der Waals surface area (Å²) in [5, 5.41) is 2.55. The molecule has 0 radical (unpaired) electrons. The topological polar surface area (TPSA) is 17.8 Å². The van der Waals surface area contributed by atoms with Gasteiger partial charge in [-0.2, -0.15) is 0 Å². The van der Waals surface area contributed by atoms with Crippen LogP contribution in [-0.2, 0) is 18.3 Å². The van der Waals surface area contributed by atoms with Crippen LogP contribution < -0.4 is 0 Å². The van der Waals surface area contributed by atoms with Gasteiger partial charge in [-0.05, 0) is 111 Å². The Morgan fingerprint density at radius 1 is 0.549 bits per heavy atom. The average Bonchev–Trinajstić information content (AvgIpc) is 3.50. The van der Waals surface area contributed by atoms with E-state index in [0.717, 1.165) is 24.1 Å². The first-order valence-electron chi connectivity index (χ1n) is 18.0. The average molecular weight is 657 g/mol. The van der Waals surface area contributed by atoms with E-state index in [0.29, 0.717) is 0 Å². The van der Waals surface area contributed by atoms with E-state index in [1.165, 1.54) is 77.6 Å². The molecular weight excluding hydrogens is 617 g/mol. The van der Waals surface area contributed by atoms with E-state index >= 15 is 0 Å². The van der Waals surface area contributed by atoms with Crippen molar-refractivity contribution >= 4 is 34.0 Å². The van der Waals surface area contributed by atoms with E-state index in [9.17, 15) is 0 Å². The normalized spacial score (nSPS) is 13.4. The summed E-state index contributed by atoms with van der Waals surface area (Å²) in [6, 6.07) is 53.6. The third kappa shape index (κ3) is 5.77. The Morgan fingerprint density at radius 3 is 2.00 bits per heavy atom. The van der Waals surface area contributed by atoms with Crippen LogP contribution in [0.4, 0.5) is 0 Å². The molecule has 2 heteroatoms. The zero-order chi connectivity index (χ0) is 34.5. The van der Waals surface area contributed by atoms with Gasteiger partial charge < -0.3 is 4.57 Å². The molecule has 0 amide bonds. The first kappa shape index (κ1) is 31.0. The van der Waals surface area contributed by atoms with Crippen LogP contribution in [0.15, 0.2) is 152 Å². The number of nitrogens with zero attached hydrogens (tertiary/aromatic N) is 2. The molecule has 2 nitrogen and oxygen atoms in total. The zero-order valence-corrected chi connectivity index (χ0v) is 29.4. The van der Waals surface area contributed by atoms with Gasteiger partial charge in [0.25, 0.3) is 0 Å². The SMILES string of the molecule is CC(C)(C)c1cc2cc(c1)CCc1cc(c(-c3ccc(-c4ccccn4)cc3)cc1-c1cccc(-n3c4ccccc4c4ccccc43)c1)/C=C\2. The quantitative estimate of drug-likeness (QED) is 0.184. The minimum Gasteiger partial charge on any atom is -0.309 e. The van der Waals surface area contributed by atoms with Crippen molar-refractivity contribution in [3.63, 3.8) is 0 Å². The molecular formula is C49H40N2. The molecule has 246 valence electrons. The molecule has 0 saturated heterocycles. The lowest BCUT2D eigenvalue weighted by Gasteiger charge is -2.22. The molecule has 9 rings (SSSR count). The van der Waals surface area contributed by atoms with Crippen LogP contribution in [-0.4, -0.2) is 9.55 Å². The summed E-state index contributed by atoms with van der Waals surface area (Å²) in [7, 11) is 0. The maximum atomic E-state index is 4.59. The predicted molar refractivity (Wildman–Crippen MR) is 216 cm³/mol. The third-order valence-corrected chi connectivity index (χ3v) is 10.4. The van der Waals surface area contributed by atoms with Crippen LogP contribution in [0.1, 0.15) is 48.6 Å². The van der Waals surface area contributed by atoms with Crippen LogP contribution in [0.2, 0.25) is 0 Å². The molecule has 6 aromatic carbocycles. The summed E-state index contributed by atoms with van der Waals surface area (Å²) in [6.45, 7) is 6.93. The van der Waals surface area contributed by atoms with Gasteiger partial charge in [0.05, 0.1) is 16.7 Å². The number of hydrogen-bond acceptors (Lipinski definition) is 1. The molecule has 8 aromatic rings. The summed E-state index contributed by atoms with van der Waals surface area (Å²) in [5.41, 5.74) is 17.4. The Balaban J connectivity index is 1.23. The predicted octanol–water partition coefficient (Wildman–Crippen LogP) is 12.7. The van der Waals surface area contributed by atoms with Crippen molar-refractivity contribution < 1.29 is 0 Å². The molecule has 0 aliphatic heterocycles. The Labute approximate surface area is 300 Å².